The van der Waals surface area contributed by atoms with Crippen molar-refractivity contribution in [1.29, 1.82) is 0 Å². The molecule has 0 spiro atoms. The number of hydrogen-bond donors (Lipinski definition) is 1. The Morgan fingerprint density at radius 1 is 1.29 bits per heavy atom. The van der Waals surface area contributed by atoms with Gasteiger partial charge in [0.05, 0.1) is 0 Å². The predicted molar refractivity (Wildman–Crippen MR) is 78.9 cm³/mol. The molecule has 0 amide bonds. The quantitative estimate of drug-likeness (QED) is 0.844. The number of hydrogen-bond acceptors (Lipinski definition) is 2. The van der Waals surface area contributed by atoms with Crippen LogP contribution >= 0.6 is 11.6 Å². The molecule has 0 radical (unpaired) electrons. The molecule has 0 saturated carbocycles. The second-order valence-electron chi connectivity index (χ2n) is 4.25. The van der Waals surface area contributed by atoms with Crippen molar-refractivity contribution in [3.8, 4) is 5.75 Å². The minimum Gasteiger partial charge on any atom is -0.485 e. The highest BCUT2D eigenvalue weighted by atomic mass is 35.5. The van der Waals surface area contributed by atoms with E-state index in [-0.39, 0.29) is 12.4 Å². The van der Waals surface area contributed by atoms with Crippen LogP contribution in [0.5, 0.6) is 5.75 Å². The predicted octanol–water partition coefficient (Wildman–Crippen LogP) is 4.16. The Kier molecular flexibility index (Phi) is 4.95. The number of rotatable bonds is 5. The first kappa shape index (κ1) is 15.1. The standard InChI is InChI=1S/C16H12ClFO3/c17-13-5-1-3-11(9-13)10-21-16-12(7-8-15(19)20)4-2-6-14(16)18/h1-9H,10H2,(H,19,20)/b8-7+. The summed E-state index contributed by atoms with van der Waals surface area (Å²) >= 11 is 5.87. The number of para-hydroxylation sites is 1. The fraction of sp³-hybridized carbons (Fsp3) is 0.0625. The number of aliphatic carboxylic acids is 1. The fourth-order valence-electron chi connectivity index (χ4n) is 1.75. The Labute approximate surface area is 126 Å². The highest BCUT2D eigenvalue weighted by Gasteiger charge is 2.08. The number of halogens is 2. The molecule has 0 unspecified atom stereocenters. The molecule has 0 fully saturated rings. The normalized spacial score (nSPS) is 10.8. The summed E-state index contributed by atoms with van der Waals surface area (Å²) in [7, 11) is 0. The van der Waals surface area contributed by atoms with Gasteiger partial charge in [-0.3, -0.25) is 0 Å². The van der Waals surface area contributed by atoms with Crippen LogP contribution in [0.1, 0.15) is 11.1 Å². The van der Waals surface area contributed by atoms with E-state index in [0.717, 1.165) is 11.6 Å². The van der Waals surface area contributed by atoms with E-state index in [9.17, 15) is 9.18 Å². The molecule has 0 aliphatic rings. The number of benzene rings is 2. The Morgan fingerprint density at radius 2 is 2.05 bits per heavy atom. The van der Waals surface area contributed by atoms with Gasteiger partial charge < -0.3 is 9.84 Å². The van der Waals surface area contributed by atoms with Gasteiger partial charge in [-0.1, -0.05) is 35.9 Å². The highest BCUT2D eigenvalue weighted by Crippen LogP contribution is 2.25. The lowest BCUT2D eigenvalue weighted by molar-refractivity contribution is -0.131. The minimum atomic E-state index is -1.11. The molecule has 5 heteroatoms. The molecule has 108 valence electrons. The molecule has 21 heavy (non-hydrogen) atoms. The van der Waals surface area contributed by atoms with Crippen LogP contribution in [-0.2, 0) is 11.4 Å². The Balaban J connectivity index is 2.20. The van der Waals surface area contributed by atoms with Crippen molar-refractivity contribution in [3.05, 3.63) is 70.5 Å². The molecule has 0 heterocycles. The Hall–Kier alpha value is -2.33. The molecule has 2 aromatic rings. The fourth-order valence-corrected chi connectivity index (χ4v) is 1.97. The largest absolute Gasteiger partial charge is 0.485 e. The molecule has 2 rings (SSSR count). The average molecular weight is 307 g/mol. The summed E-state index contributed by atoms with van der Waals surface area (Å²) in [6.07, 6.45) is 2.22. The Morgan fingerprint density at radius 3 is 2.76 bits per heavy atom. The van der Waals surface area contributed by atoms with Gasteiger partial charge in [-0.25, -0.2) is 9.18 Å². The van der Waals surface area contributed by atoms with E-state index in [1.54, 1.807) is 30.3 Å². The van der Waals surface area contributed by atoms with Crippen molar-refractivity contribution in [2.45, 2.75) is 6.61 Å². The highest BCUT2D eigenvalue weighted by molar-refractivity contribution is 6.30. The van der Waals surface area contributed by atoms with Crippen LogP contribution in [0, 0.1) is 5.82 Å². The van der Waals surface area contributed by atoms with Gasteiger partial charge in [0.15, 0.2) is 11.6 Å². The van der Waals surface area contributed by atoms with E-state index in [2.05, 4.69) is 0 Å². The van der Waals surface area contributed by atoms with Gasteiger partial charge in [-0.2, -0.15) is 0 Å². The van der Waals surface area contributed by atoms with Crippen LogP contribution in [0.4, 0.5) is 4.39 Å². The van der Waals surface area contributed by atoms with Gasteiger partial charge in [0.1, 0.15) is 6.61 Å². The van der Waals surface area contributed by atoms with E-state index in [4.69, 9.17) is 21.4 Å². The number of carbonyl (C=O) groups is 1. The van der Waals surface area contributed by atoms with Crippen LogP contribution in [0.3, 0.4) is 0 Å². The molecule has 0 bridgehead atoms. The third-order valence-corrected chi connectivity index (χ3v) is 2.91. The lowest BCUT2D eigenvalue weighted by atomic mass is 10.1. The van der Waals surface area contributed by atoms with Crippen molar-refractivity contribution in [2.24, 2.45) is 0 Å². The molecule has 1 N–H and O–H groups in total. The van der Waals surface area contributed by atoms with Crippen LogP contribution in [-0.4, -0.2) is 11.1 Å². The maximum absolute atomic E-state index is 13.8. The van der Waals surface area contributed by atoms with Crippen molar-refractivity contribution in [3.63, 3.8) is 0 Å². The van der Waals surface area contributed by atoms with Gasteiger partial charge in [0, 0.05) is 16.7 Å². The zero-order valence-corrected chi connectivity index (χ0v) is 11.7. The molecule has 0 atom stereocenters. The summed E-state index contributed by atoms with van der Waals surface area (Å²) in [5.41, 5.74) is 1.15. The summed E-state index contributed by atoms with van der Waals surface area (Å²) in [5.74, 6) is -1.65. The molecule has 0 aliphatic carbocycles. The van der Waals surface area contributed by atoms with E-state index >= 15 is 0 Å². The maximum atomic E-state index is 13.8. The average Bonchev–Trinajstić information content (AvgIpc) is 2.44. The van der Waals surface area contributed by atoms with Gasteiger partial charge in [-0.15, -0.1) is 0 Å². The molecule has 0 aliphatic heterocycles. The van der Waals surface area contributed by atoms with E-state index in [0.29, 0.717) is 10.6 Å². The molecular weight excluding hydrogens is 295 g/mol. The van der Waals surface area contributed by atoms with E-state index in [1.165, 1.54) is 18.2 Å². The molecular formula is C16H12ClFO3. The number of carboxylic acid groups (broad SMARTS) is 1. The first-order valence-electron chi connectivity index (χ1n) is 6.13. The zero-order valence-electron chi connectivity index (χ0n) is 10.9. The van der Waals surface area contributed by atoms with Crippen molar-refractivity contribution < 1.29 is 19.0 Å². The summed E-state index contributed by atoms with van der Waals surface area (Å²) in [6.45, 7) is 0.134. The molecule has 0 saturated heterocycles. The van der Waals surface area contributed by atoms with Gasteiger partial charge in [0.25, 0.3) is 0 Å². The minimum absolute atomic E-state index is 0.00924. The lowest BCUT2D eigenvalue weighted by Gasteiger charge is -2.10. The molecule has 2 aromatic carbocycles. The molecule has 3 nitrogen and oxygen atoms in total. The topological polar surface area (TPSA) is 46.5 Å². The summed E-state index contributed by atoms with van der Waals surface area (Å²) in [6, 6.07) is 11.3. The number of carboxylic acids is 1. The molecule has 0 aromatic heterocycles. The zero-order chi connectivity index (χ0) is 15.2. The third kappa shape index (κ3) is 4.33. The smallest absolute Gasteiger partial charge is 0.328 e. The first-order chi connectivity index (χ1) is 10.1. The van der Waals surface area contributed by atoms with Crippen LogP contribution in [0.15, 0.2) is 48.5 Å². The van der Waals surface area contributed by atoms with Crippen LogP contribution in [0.25, 0.3) is 6.08 Å². The summed E-state index contributed by atoms with van der Waals surface area (Å²) in [5, 5.41) is 9.20. The Bertz CT molecular complexity index is 683. The first-order valence-corrected chi connectivity index (χ1v) is 6.51. The van der Waals surface area contributed by atoms with E-state index < -0.39 is 11.8 Å². The summed E-state index contributed by atoms with van der Waals surface area (Å²) < 4.78 is 19.3. The van der Waals surface area contributed by atoms with Crippen molar-refractivity contribution in [1.82, 2.24) is 0 Å². The van der Waals surface area contributed by atoms with Gasteiger partial charge in [-0.05, 0) is 29.8 Å². The van der Waals surface area contributed by atoms with Gasteiger partial charge >= 0.3 is 5.97 Å². The van der Waals surface area contributed by atoms with Gasteiger partial charge in [0.2, 0.25) is 0 Å². The van der Waals surface area contributed by atoms with E-state index in [1.807, 2.05) is 0 Å². The lowest BCUT2D eigenvalue weighted by Crippen LogP contribution is -1.99. The van der Waals surface area contributed by atoms with Crippen LogP contribution in [0.2, 0.25) is 5.02 Å². The number of ether oxygens (including phenoxy) is 1. The SMILES string of the molecule is O=C(O)/C=C/c1cccc(F)c1OCc1cccc(Cl)c1. The maximum Gasteiger partial charge on any atom is 0.328 e. The second-order valence-corrected chi connectivity index (χ2v) is 4.68. The van der Waals surface area contributed by atoms with Crippen LogP contribution < -0.4 is 4.74 Å². The van der Waals surface area contributed by atoms with Crippen molar-refractivity contribution in [2.75, 3.05) is 0 Å². The van der Waals surface area contributed by atoms with Crippen molar-refractivity contribution >= 4 is 23.6 Å². The third-order valence-electron chi connectivity index (χ3n) is 2.68. The monoisotopic (exact) mass is 306 g/mol. The summed E-state index contributed by atoms with van der Waals surface area (Å²) in [4.78, 5) is 10.5. The second kappa shape index (κ2) is 6.90.